The second kappa shape index (κ2) is 5.81. The Balaban J connectivity index is 2.27. The highest BCUT2D eigenvalue weighted by atomic mass is 32.2. The molecule has 2 N–H and O–H groups in total. The molecule has 0 spiro atoms. The number of hydrogen-bond acceptors (Lipinski definition) is 6. The number of nitrogens with zero attached hydrogens (tertiary/aromatic N) is 4. The molecule has 0 amide bonds. The number of nitrogens with two attached hydrogens (primary N) is 1. The van der Waals surface area contributed by atoms with Crippen LogP contribution < -0.4 is 5.73 Å². The SMILES string of the molecule is CCc1nsc(Sc2c(CCN)c(C)nn2C)n1. The van der Waals surface area contributed by atoms with E-state index in [1.54, 1.807) is 11.8 Å². The fraction of sp³-hybridized carbons (Fsp3) is 0.545. The lowest BCUT2D eigenvalue weighted by Gasteiger charge is -2.02. The molecule has 2 rings (SSSR count). The number of rotatable bonds is 5. The van der Waals surface area contributed by atoms with Gasteiger partial charge in [0.2, 0.25) is 0 Å². The van der Waals surface area contributed by atoms with E-state index in [0.29, 0.717) is 6.54 Å². The van der Waals surface area contributed by atoms with Crippen LogP contribution in [0, 0.1) is 6.92 Å². The van der Waals surface area contributed by atoms with E-state index in [9.17, 15) is 0 Å². The molecular formula is C11H17N5S2. The van der Waals surface area contributed by atoms with Crippen molar-refractivity contribution in [2.45, 2.75) is 36.1 Å². The Labute approximate surface area is 115 Å². The summed E-state index contributed by atoms with van der Waals surface area (Å²) in [5, 5.41) is 5.57. The Morgan fingerprint density at radius 1 is 1.44 bits per heavy atom. The first kappa shape index (κ1) is 13.5. The summed E-state index contributed by atoms with van der Waals surface area (Å²) >= 11 is 3.07. The maximum atomic E-state index is 5.65. The molecule has 2 heterocycles. The molecule has 0 aliphatic carbocycles. The third-order valence-corrected chi connectivity index (χ3v) is 4.63. The van der Waals surface area contributed by atoms with Gasteiger partial charge in [-0.3, -0.25) is 4.68 Å². The first-order chi connectivity index (χ1) is 8.65. The predicted octanol–water partition coefficient (Wildman–Crippen LogP) is 1.79. The lowest BCUT2D eigenvalue weighted by molar-refractivity contribution is 0.688. The van der Waals surface area contributed by atoms with Crippen LogP contribution in [0.2, 0.25) is 0 Å². The van der Waals surface area contributed by atoms with E-state index >= 15 is 0 Å². The minimum atomic E-state index is 0.635. The summed E-state index contributed by atoms with van der Waals surface area (Å²) in [5.41, 5.74) is 7.92. The van der Waals surface area contributed by atoms with Gasteiger partial charge in [-0.05, 0) is 43.2 Å². The fourth-order valence-electron chi connectivity index (χ4n) is 1.75. The minimum Gasteiger partial charge on any atom is -0.330 e. The average Bonchev–Trinajstić information content (AvgIpc) is 2.89. The van der Waals surface area contributed by atoms with Gasteiger partial charge in [-0.15, -0.1) is 0 Å². The molecule has 0 aliphatic heterocycles. The summed E-state index contributed by atoms with van der Waals surface area (Å²) in [6.07, 6.45) is 1.72. The van der Waals surface area contributed by atoms with Crippen molar-refractivity contribution in [3.05, 3.63) is 17.1 Å². The smallest absolute Gasteiger partial charge is 0.176 e. The fourth-order valence-corrected chi connectivity index (χ4v) is 3.61. The zero-order valence-corrected chi connectivity index (χ0v) is 12.4. The number of aryl methyl sites for hydroxylation is 3. The highest BCUT2D eigenvalue weighted by molar-refractivity contribution is 8.00. The molecule has 0 unspecified atom stereocenters. The van der Waals surface area contributed by atoms with Crippen LogP contribution in [0.4, 0.5) is 0 Å². The summed E-state index contributed by atoms with van der Waals surface area (Å²) < 4.78 is 7.16. The maximum absolute atomic E-state index is 5.65. The van der Waals surface area contributed by atoms with Crippen molar-refractivity contribution in [1.82, 2.24) is 19.1 Å². The van der Waals surface area contributed by atoms with Gasteiger partial charge in [0.1, 0.15) is 10.9 Å². The highest BCUT2D eigenvalue weighted by Crippen LogP contribution is 2.32. The van der Waals surface area contributed by atoms with Gasteiger partial charge in [-0.2, -0.15) is 9.47 Å². The molecule has 0 radical (unpaired) electrons. The summed E-state index contributed by atoms with van der Waals surface area (Å²) in [6.45, 7) is 4.72. The second-order valence-corrected chi connectivity index (χ2v) is 5.95. The summed E-state index contributed by atoms with van der Waals surface area (Å²) in [5.74, 6) is 0.904. The van der Waals surface area contributed by atoms with Crippen LogP contribution in [0.5, 0.6) is 0 Å². The third kappa shape index (κ3) is 2.73. The van der Waals surface area contributed by atoms with Crippen molar-refractivity contribution in [2.24, 2.45) is 12.8 Å². The van der Waals surface area contributed by atoms with Gasteiger partial charge < -0.3 is 5.73 Å². The minimum absolute atomic E-state index is 0.635. The van der Waals surface area contributed by atoms with Crippen LogP contribution in [0.15, 0.2) is 9.37 Å². The van der Waals surface area contributed by atoms with Crippen LogP contribution in [-0.2, 0) is 19.9 Å². The second-order valence-electron chi connectivity index (χ2n) is 3.96. The van der Waals surface area contributed by atoms with E-state index in [0.717, 1.165) is 33.7 Å². The summed E-state index contributed by atoms with van der Waals surface area (Å²) in [4.78, 5) is 4.47. The lowest BCUT2D eigenvalue weighted by atomic mass is 10.2. The zero-order chi connectivity index (χ0) is 13.1. The monoisotopic (exact) mass is 283 g/mol. The lowest BCUT2D eigenvalue weighted by Crippen LogP contribution is -2.04. The molecule has 5 nitrogen and oxygen atoms in total. The first-order valence-corrected chi connectivity index (χ1v) is 7.47. The molecule has 0 aromatic carbocycles. The third-order valence-electron chi connectivity index (χ3n) is 2.63. The normalized spacial score (nSPS) is 11.1. The van der Waals surface area contributed by atoms with E-state index in [1.165, 1.54) is 17.1 Å². The molecule has 0 saturated heterocycles. The van der Waals surface area contributed by atoms with E-state index in [1.807, 2.05) is 18.7 Å². The van der Waals surface area contributed by atoms with E-state index in [-0.39, 0.29) is 0 Å². The molecule has 2 aromatic heterocycles. The van der Waals surface area contributed by atoms with Gasteiger partial charge in [0.15, 0.2) is 4.34 Å². The topological polar surface area (TPSA) is 69.6 Å². The van der Waals surface area contributed by atoms with Gasteiger partial charge in [0.25, 0.3) is 0 Å². The van der Waals surface area contributed by atoms with Gasteiger partial charge >= 0.3 is 0 Å². The largest absolute Gasteiger partial charge is 0.330 e. The van der Waals surface area contributed by atoms with Gasteiger partial charge in [-0.1, -0.05) is 6.92 Å². The predicted molar refractivity (Wildman–Crippen MR) is 74.1 cm³/mol. The van der Waals surface area contributed by atoms with E-state index < -0.39 is 0 Å². The highest BCUT2D eigenvalue weighted by Gasteiger charge is 2.15. The molecule has 0 fully saturated rings. The Bertz CT molecular complexity index is 532. The number of aromatic nitrogens is 4. The Morgan fingerprint density at radius 2 is 2.22 bits per heavy atom. The quantitative estimate of drug-likeness (QED) is 0.906. The summed E-state index contributed by atoms with van der Waals surface area (Å²) in [6, 6.07) is 0. The molecule has 0 atom stereocenters. The van der Waals surface area contributed by atoms with Crippen LogP contribution in [-0.4, -0.2) is 25.7 Å². The Kier molecular flexibility index (Phi) is 4.36. The van der Waals surface area contributed by atoms with Crippen molar-refractivity contribution in [1.29, 1.82) is 0 Å². The van der Waals surface area contributed by atoms with Crippen molar-refractivity contribution < 1.29 is 0 Å². The maximum Gasteiger partial charge on any atom is 0.176 e. The molecule has 7 heteroatoms. The Hall–Kier alpha value is -0.920. The van der Waals surface area contributed by atoms with Crippen LogP contribution in [0.3, 0.4) is 0 Å². The molecular weight excluding hydrogens is 266 g/mol. The van der Waals surface area contributed by atoms with Gasteiger partial charge in [0.05, 0.1) is 5.69 Å². The van der Waals surface area contributed by atoms with E-state index in [4.69, 9.17) is 5.73 Å². The van der Waals surface area contributed by atoms with Gasteiger partial charge in [0, 0.05) is 19.0 Å². The summed E-state index contributed by atoms with van der Waals surface area (Å²) in [7, 11) is 1.96. The molecule has 0 bridgehead atoms. The number of hydrogen-bond donors (Lipinski definition) is 1. The molecule has 0 aliphatic rings. The molecule has 2 aromatic rings. The Morgan fingerprint density at radius 3 is 2.83 bits per heavy atom. The van der Waals surface area contributed by atoms with E-state index in [2.05, 4.69) is 21.4 Å². The molecule has 0 saturated carbocycles. The molecule has 98 valence electrons. The first-order valence-electron chi connectivity index (χ1n) is 5.88. The standard InChI is InChI=1S/C11H17N5S2/c1-4-9-13-11(18-15-9)17-10-8(5-6-12)7(2)14-16(10)3/h4-6,12H2,1-3H3. The zero-order valence-electron chi connectivity index (χ0n) is 10.8. The van der Waals surface area contributed by atoms with Crippen molar-refractivity contribution in [2.75, 3.05) is 6.54 Å². The van der Waals surface area contributed by atoms with Gasteiger partial charge in [-0.25, -0.2) is 4.98 Å². The van der Waals surface area contributed by atoms with Crippen molar-refractivity contribution in [3.63, 3.8) is 0 Å². The van der Waals surface area contributed by atoms with Crippen molar-refractivity contribution in [3.8, 4) is 0 Å². The van der Waals surface area contributed by atoms with Crippen LogP contribution >= 0.6 is 23.3 Å². The van der Waals surface area contributed by atoms with Crippen LogP contribution in [0.25, 0.3) is 0 Å². The molecule has 18 heavy (non-hydrogen) atoms. The van der Waals surface area contributed by atoms with Crippen molar-refractivity contribution >= 4 is 23.3 Å². The average molecular weight is 283 g/mol. The van der Waals surface area contributed by atoms with Crippen LogP contribution in [0.1, 0.15) is 24.0 Å².